The summed E-state index contributed by atoms with van der Waals surface area (Å²) in [6, 6.07) is 0.561. The average Bonchev–Trinajstić information content (AvgIpc) is 2.71. The lowest BCUT2D eigenvalue weighted by Crippen LogP contribution is -2.57. The molecule has 0 radical (unpaired) electrons. The second-order valence-corrected chi connectivity index (χ2v) is 6.40. The number of nitrogens with zero attached hydrogens (tertiary/aromatic N) is 1. The van der Waals surface area contributed by atoms with E-state index in [1.165, 1.54) is 6.92 Å². The third kappa shape index (κ3) is 2.65. The Bertz CT molecular complexity index is 694. The van der Waals surface area contributed by atoms with E-state index in [4.69, 9.17) is 10.5 Å². The van der Waals surface area contributed by atoms with Crippen LogP contribution in [0.1, 0.15) is 25.3 Å². The van der Waals surface area contributed by atoms with Gasteiger partial charge >= 0.3 is 6.18 Å². The molecule has 25 heavy (non-hydrogen) atoms. The maximum atomic E-state index is 14.0. The minimum absolute atomic E-state index is 0.0301. The molecular formula is C16H19F5N2O2. The summed E-state index contributed by atoms with van der Waals surface area (Å²) in [7, 11) is 2.22. The summed E-state index contributed by atoms with van der Waals surface area (Å²) in [4.78, 5) is 12.8. The summed E-state index contributed by atoms with van der Waals surface area (Å²) in [6.07, 6.45) is -4.67. The molecule has 0 unspecified atom stereocenters. The SMILES string of the molecule is COc1c([C@H]2[C@H](C(N)=O)N(C)[C@@](C)(C(F)(F)F)[C@H]2C)ccc(F)c1F. The topological polar surface area (TPSA) is 55.6 Å². The Morgan fingerprint density at radius 2 is 1.88 bits per heavy atom. The van der Waals surface area contributed by atoms with Gasteiger partial charge in [0.15, 0.2) is 11.6 Å². The normalized spacial score (nSPS) is 30.5. The second-order valence-electron chi connectivity index (χ2n) is 6.40. The summed E-state index contributed by atoms with van der Waals surface area (Å²) in [6.45, 7) is 2.26. The summed E-state index contributed by atoms with van der Waals surface area (Å²) in [5.74, 6) is -6.33. The van der Waals surface area contributed by atoms with E-state index in [0.29, 0.717) is 0 Å². The van der Waals surface area contributed by atoms with Gasteiger partial charge in [-0.15, -0.1) is 0 Å². The number of hydrogen-bond acceptors (Lipinski definition) is 3. The Kier molecular flexibility index (Phi) is 4.75. The average molecular weight is 366 g/mol. The largest absolute Gasteiger partial charge is 0.493 e. The van der Waals surface area contributed by atoms with Crippen LogP contribution < -0.4 is 10.5 Å². The van der Waals surface area contributed by atoms with Crippen LogP contribution in [0.15, 0.2) is 12.1 Å². The van der Waals surface area contributed by atoms with Gasteiger partial charge in [-0.05, 0) is 26.0 Å². The fraction of sp³-hybridized carbons (Fsp3) is 0.562. The van der Waals surface area contributed by atoms with Crippen LogP contribution in [0.2, 0.25) is 0 Å². The number of halogens is 5. The molecule has 0 saturated carbocycles. The first-order valence-corrected chi connectivity index (χ1v) is 7.50. The molecule has 1 aromatic carbocycles. The zero-order valence-corrected chi connectivity index (χ0v) is 14.1. The van der Waals surface area contributed by atoms with Gasteiger partial charge in [-0.1, -0.05) is 13.0 Å². The number of benzene rings is 1. The van der Waals surface area contributed by atoms with Crippen molar-refractivity contribution in [3.63, 3.8) is 0 Å². The Hall–Kier alpha value is -1.90. The Morgan fingerprint density at radius 1 is 1.32 bits per heavy atom. The van der Waals surface area contributed by atoms with Crippen molar-refractivity contribution in [2.45, 2.75) is 37.5 Å². The number of hydrogen-bond donors (Lipinski definition) is 1. The molecule has 9 heteroatoms. The van der Waals surface area contributed by atoms with Gasteiger partial charge in [0.2, 0.25) is 11.7 Å². The number of alkyl halides is 3. The maximum Gasteiger partial charge on any atom is 0.406 e. The van der Waals surface area contributed by atoms with Crippen molar-refractivity contribution in [1.82, 2.24) is 4.90 Å². The summed E-state index contributed by atoms with van der Waals surface area (Å²) in [5.41, 5.74) is 2.93. The van der Waals surface area contributed by atoms with Crippen molar-refractivity contribution in [1.29, 1.82) is 0 Å². The smallest absolute Gasteiger partial charge is 0.406 e. The van der Waals surface area contributed by atoms with Gasteiger partial charge in [0.25, 0.3) is 0 Å². The van der Waals surface area contributed by atoms with Crippen molar-refractivity contribution in [3.05, 3.63) is 29.3 Å². The predicted octanol–water partition coefficient (Wildman–Crippen LogP) is 2.81. The van der Waals surface area contributed by atoms with E-state index < -0.39 is 52.9 Å². The molecule has 0 aromatic heterocycles. The van der Waals surface area contributed by atoms with Gasteiger partial charge in [0, 0.05) is 11.5 Å². The fourth-order valence-corrected chi connectivity index (χ4v) is 3.76. The molecule has 0 bridgehead atoms. The maximum absolute atomic E-state index is 14.0. The first-order valence-electron chi connectivity index (χ1n) is 7.50. The number of likely N-dealkylation sites (tertiary alicyclic amines) is 1. The monoisotopic (exact) mass is 366 g/mol. The Balaban J connectivity index is 2.72. The number of methoxy groups -OCH3 is 1. The van der Waals surface area contributed by atoms with E-state index in [1.807, 2.05) is 0 Å². The van der Waals surface area contributed by atoms with Crippen LogP contribution in [0.25, 0.3) is 0 Å². The lowest BCUT2D eigenvalue weighted by Gasteiger charge is -2.38. The Morgan fingerprint density at radius 3 is 2.32 bits per heavy atom. The van der Waals surface area contributed by atoms with Crippen LogP contribution in [0, 0.1) is 17.6 Å². The zero-order chi connectivity index (χ0) is 19.3. The van der Waals surface area contributed by atoms with Crippen LogP contribution in [0.5, 0.6) is 5.75 Å². The highest BCUT2D eigenvalue weighted by Gasteiger charge is 2.67. The third-order valence-corrected chi connectivity index (χ3v) is 5.42. The molecule has 4 nitrogen and oxygen atoms in total. The minimum Gasteiger partial charge on any atom is -0.493 e. The van der Waals surface area contributed by atoms with Crippen molar-refractivity contribution >= 4 is 5.91 Å². The minimum atomic E-state index is -4.67. The molecule has 1 heterocycles. The molecule has 1 aromatic rings. The van der Waals surface area contributed by atoms with Gasteiger partial charge < -0.3 is 10.5 Å². The van der Waals surface area contributed by atoms with Gasteiger partial charge in [-0.3, -0.25) is 9.69 Å². The summed E-state index contributed by atoms with van der Waals surface area (Å²) in [5, 5.41) is 0. The lowest BCUT2D eigenvalue weighted by molar-refractivity contribution is -0.227. The molecular weight excluding hydrogens is 347 g/mol. The molecule has 2 rings (SSSR count). The highest BCUT2D eigenvalue weighted by Crippen LogP contribution is 2.55. The molecule has 1 saturated heterocycles. The van der Waals surface area contributed by atoms with Gasteiger partial charge in [-0.25, -0.2) is 4.39 Å². The van der Waals surface area contributed by atoms with Crippen molar-refractivity contribution in [2.75, 3.05) is 14.2 Å². The highest BCUT2D eigenvalue weighted by molar-refractivity contribution is 5.82. The molecule has 2 N–H and O–H groups in total. The van der Waals surface area contributed by atoms with Crippen LogP contribution in [0.4, 0.5) is 22.0 Å². The Labute approximate surface area is 141 Å². The van der Waals surface area contributed by atoms with Crippen LogP contribution in [-0.2, 0) is 4.79 Å². The third-order valence-electron chi connectivity index (χ3n) is 5.42. The fourth-order valence-electron chi connectivity index (χ4n) is 3.76. The number of ether oxygens (including phenoxy) is 1. The predicted molar refractivity (Wildman–Crippen MR) is 80.0 cm³/mol. The van der Waals surface area contributed by atoms with E-state index in [-0.39, 0.29) is 5.56 Å². The van der Waals surface area contributed by atoms with E-state index in [0.717, 1.165) is 38.1 Å². The van der Waals surface area contributed by atoms with Crippen molar-refractivity contribution < 1.29 is 31.5 Å². The molecule has 140 valence electrons. The zero-order valence-electron chi connectivity index (χ0n) is 14.1. The molecule has 0 spiro atoms. The van der Waals surface area contributed by atoms with E-state index >= 15 is 0 Å². The van der Waals surface area contributed by atoms with Crippen molar-refractivity contribution in [3.8, 4) is 5.75 Å². The van der Waals surface area contributed by atoms with E-state index in [9.17, 15) is 26.7 Å². The summed E-state index contributed by atoms with van der Waals surface area (Å²) < 4.78 is 73.6. The molecule has 1 amide bonds. The van der Waals surface area contributed by atoms with Crippen molar-refractivity contribution in [2.24, 2.45) is 11.7 Å². The number of rotatable bonds is 3. The van der Waals surface area contributed by atoms with E-state index in [2.05, 4.69) is 0 Å². The van der Waals surface area contributed by atoms with Crippen LogP contribution >= 0.6 is 0 Å². The standard InChI is InChI=1S/C16H19F5N2O2/c1-7-10(8-5-6-9(17)11(18)13(8)25-4)12(14(22)24)23(3)15(7,2)16(19,20)21/h5-7,10,12H,1-4H3,(H2,22,24)/t7-,10-,12+,15+/m0/s1. The van der Waals surface area contributed by atoms with Gasteiger partial charge in [0.1, 0.15) is 5.54 Å². The second kappa shape index (κ2) is 6.12. The molecule has 4 atom stereocenters. The van der Waals surface area contributed by atoms with E-state index in [1.54, 1.807) is 0 Å². The number of nitrogens with two attached hydrogens (primary N) is 1. The quantitative estimate of drug-likeness (QED) is 0.837. The van der Waals surface area contributed by atoms with Gasteiger partial charge in [-0.2, -0.15) is 17.6 Å². The number of amides is 1. The lowest BCUT2D eigenvalue weighted by atomic mass is 9.76. The van der Waals surface area contributed by atoms with Crippen LogP contribution in [0.3, 0.4) is 0 Å². The molecule has 1 aliphatic heterocycles. The number of carbonyl (C=O) groups is 1. The number of carbonyl (C=O) groups excluding carboxylic acids is 1. The molecule has 1 aliphatic rings. The van der Waals surface area contributed by atoms with Crippen LogP contribution in [-0.4, -0.2) is 42.7 Å². The first kappa shape index (κ1) is 19.4. The number of primary amides is 1. The van der Waals surface area contributed by atoms with Gasteiger partial charge in [0.05, 0.1) is 13.2 Å². The molecule has 0 aliphatic carbocycles. The first-order chi connectivity index (χ1) is 11.4. The number of likely N-dealkylation sites (N-methyl/N-ethyl adjacent to an activating group) is 1. The summed E-state index contributed by atoms with van der Waals surface area (Å²) >= 11 is 0. The molecule has 1 fully saturated rings. The highest BCUT2D eigenvalue weighted by atomic mass is 19.4.